The van der Waals surface area contributed by atoms with Crippen molar-refractivity contribution >= 4 is 11.0 Å². The van der Waals surface area contributed by atoms with Gasteiger partial charge >= 0.3 is 5.69 Å². The van der Waals surface area contributed by atoms with Gasteiger partial charge in [-0.05, 0) is 30.2 Å². The molecular formula is C17H19N3O. The number of hydrogen-bond acceptors (Lipinski definition) is 2. The molecule has 0 aliphatic heterocycles. The fourth-order valence-electron chi connectivity index (χ4n) is 2.77. The topological polar surface area (TPSA) is 52.9 Å². The predicted molar refractivity (Wildman–Crippen MR) is 85.4 cm³/mol. The molecule has 0 aliphatic carbocycles. The van der Waals surface area contributed by atoms with E-state index in [1.165, 1.54) is 5.56 Å². The smallest absolute Gasteiger partial charge is 0.320 e. The first-order valence-electron chi connectivity index (χ1n) is 6.96. The second-order valence-electron chi connectivity index (χ2n) is 5.54. The molecule has 0 amide bonds. The Morgan fingerprint density at radius 3 is 2.33 bits per heavy atom. The highest BCUT2D eigenvalue weighted by atomic mass is 16.1. The summed E-state index contributed by atoms with van der Waals surface area (Å²) in [6.07, 6.45) is 0. The van der Waals surface area contributed by atoms with Crippen molar-refractivity contribution in [2.75, 3.05) is 0 Å². The largest absolute Gasteiger partial charge is 0.328 e. The number of imidazole rings is 1. The maximum Gasteiger partial charge on any atom is 0.328 e. The minimum atomic E-state index is -0.190. The normalized spacial score (nSPS) is 12.8. The lowest BCUT2D eigenvalue weighted by molar-refractivity contribution is 0.795. The summed E-state index contributed by atoms with van der Waals surface area (Å²) in [7, 11) is 3.57. The van der Waals surface area contributed by atoms with Crippen LogP contribution in [-0.2, 0) is 14.1 Å². The third-order valence-corrected chi connectivity index (χ3v) is 4.06. The van der Waals surface area contributed by atoms with Crippen LogP contribution in [0.2, 0.25) is 0 Å². The minimum Gasteiger partial charge on any atom is -0.320 e. The lowest BCUT2D eigenvalue weighted by Crippen LogP contribution is -2.19. The average molecular weight is 281 g/mol. The summed E-state index contributed by atoms with van der Waals surface area (Å²) in [6, 6.07) is 14.0. The van der Waals surface area contributed by atoms with E-state index in [1.54, 1.807) is 23.2 Å². The highest BCUT2D eigenvalue weighted by molar-refractivity contribution is 5.77. The number of aryl methyl sites for hydroxylation is 3. The first-order valence-corrected chi connectivity index (χ1v) is 6.96. The molecule has 2 N–H and O–H groups in total. The molecule has 4 nitrogen and oxygen atoms in total. The molecule has 3 aromatic rings. The van der Waals surface area contributed by atoms with Crippen LogP contribution in [0.1, 0.15) is 22.7 Å². The van der Waals surface area contributed by atoms with Gasteiger partial charge in [-0.1, -0.05) is 35.9 Å². The van der Waals surface area contributed by atoms with Gasteiger partial charge < -0.3 is 5.73 Å². The zero-order chi connectivity index (χ0) is 15.1. The van der Waals surface area contributed by atoms with Crippen LogP contribution in [0.25, 0.3) is 11.0 Å². The summed E-state index contributed by atoms with van der Waals surface area (Å²) in [5.74, 6) is 0. The Morgan fingerprint density at radius 2 is 1.62 bits per heavy atom. The summed E-state index contributed by atoms with van der Waals surface area (Å²) in [5, 5.41) is 0. The first kappa shape index (κ1) is 13.6. The number of rotatable bonds is 2. The van der Waals surface area contributed by atoms with Crippen molar-refractivity contribution < 1.29 is 0 Å². The van der Waals surface area contributed by atoms with Crippen molar-refractivity contribution in [1.82, 2.24) is 9.13 Å². The fourth-order valence-corrected chi connectivity index (χ4v) is 2.77. The second-order valence-corrected chi connectivity index (χ2v) is 5.54. The molecule has 4 heteroatoms. The summed E-state index contributed by atoms with van der Waals surface area (Å²) in [4.78, 5) is 12.0. The van der Waals surface area contributed by atoms with Gasteiger partial charge in [0.2, 0.25) is 0 Å². The summed E-state index contributed by atoms with van der Waals surface area (Å²) < 4.78 is 3.30. The number of benzene rings is 2. The molecular weight excluding hydrogens is 262 g/mol. The van der Waals surface area contributed by atoms with Gasteiger partial charge in [0.05, 0.1) is 17.1 Å². The molecule has 0 spiro atoms. The molecule has 0 aliphatic rings. The van der Waals surface area contributed by atoms with E-state index >= 15 is 0 Å². The summed E-state index contributed by atoms with van der Waals surface area (Å²) in [6.45, 7) is 2.06. The van der Waals surface area contributed by atoms with Crippen molar-refractivity contribution in [3.05, 3.63) is 69.6 Å². The molecule has 0 saturated heterocycles. The van der Waals surface area contributed by atoms with E-state index in [0.717, 1.165) is 22.2 Å². The van der Waals surface area contributed by atoms with E-state index in [0.29, 0.717) is 0 Å². The highest BCUT2D eigenvalue weighted by Crippen LogP contribution is 2.23. The minimum absolute atomic E-state index is 0.0220. The molecule has 108 valence electrons. The Balaban J connectivity index is 2.13. The van der Waals surface area contributed by atoms with Crippen LogP contribution in [0.4, 0.5) is 0 Å². The highest BCUT2D eigenvalue weighted by Gasteiger charge is 2.13. The zero-order valence-electron chi connectivity index (χ0n) is 12.5. The molecule has 0 radical (unpaired) electrons. The van der Waals surface area contributed by atoms with Crippen molar-refractivity contribution in [3.63, 3.8) is 0 Å². The van der Waals surface area contributed by atoms with Gasteiger partial charge in [-0.2, -0.15) is 0 Å². The zero-order valence-corrected chi connectivity index (χ0v) is 12.5. The Kier molecular flexibility index (Phi) is 3.18. The van der Waals surface area contributed by atoms with E-state index in [9.17, 15) is 4.79 Å². The quantitative estimate of drug-likeness (QED) is 0.783. The molecule has 21 heavy (non-hydrogen) atoms. The summed E-state index contributed by atoms with van der Waals surface area (Å²) >= 11 is 0. The van der Waals surface area contributed by atoms with Crippen LogP contribution in [-0.4, -0.2) is 9.13 Å². The fraction of sp³-hybridized carbons (Fsp3) is 0.235. The SMILES string of the molecule is Cc1cccc(C(N)c2ccc3c(c2)n(C)c(=O)n3C)c1. The van der Waals surface area contributed by atoms with Crippen molar-refractivity contribution in [2.24, 2.45) is 19.8 Å². The van der Waals surface area contributed by atoms with E-state index in [1.807, 2.05) is 30.3 Å². The standard InChI is InChI=1S/C17H19N3O/c1-11-5-4-6-12(9-11)16(18)13-7-8-14-15(10-13)20(3)17(21)19(14)2/h4-10,16H,18H2,1-3H3. The van der Waals surface area contributed by atoms with Gasteiger partial charge in [0.25, 0.3) is 0 Å². The van der Waals surface area contributed by atoms with E-state index in [-0.39, 0.29) is 11.7 Å². The number of nitrogens with zero attached hydrogens (tertiary/aromatic N) is 2. The molecule has 3 rings (SSSR count). The van der Waals surface area contributed by atoms with Gasteiger partial charge in [0, 0.05) is 14.1 Å². The number of fused-ring (bicyclic) bond motifs is 1. The molecule has 2 aromatic carbocycles. The van der Waals surface area contributed by atoms with Gasteiger partial charge in [-0.3, -0.25) is 9.13 Å². The van der Waals surface area contributed by atoms with Crippen LogP contribution in [0.3, 0.4) is 0 Å². The number of aromatic nitrogens is 2. The van der Waals surface area contributed by atoms with Gasteiger partial charge in [0.15, 0.2) is 0 Å². The van der Waals surface area contributed by atoms with Crippen LogP contribution in [0, 0.1) is 6.92 Å². The lowest BCUT2D eigenvalue weighted by Gasteiger charge is -2.13. The Bertz CT molecular complexity index is 873. The molecule has 1 atom stereocenters. The molecule has 1 aromatic heterocycles. The maximum atomic E-state index is 12.0. The molecule has 1 heterocycles. The Labute approximate surface area is 123 Å². The van der Waals surface area contributed by atoms with Crippen LogP contribution < -0.4 is 11.4 Å². The van der Waals surface area contributed by atoms with Gasteiger partial charge in [-0.15, -0.1) is 0 Å². The van der Waals surface area contributed by atoms with Gasteiger partial charge in [-0.25, -0.2) is 4.79 Å². The Hall–Kier alpha value is -2.33. The van der Waals surface area contributed by atoms with Crippen molar-refractivity contribution in [3.8, 4) is 0 Å². The molecule has 1 unspecified atom stereocenters. The Morgan fingerprint density at radius 1 is 0.952 bits per heavy atom. The first-order chi connectivity index (χ1) is 9.99. The number of nitrogens with two attached hydrogens (primary N) is 1. The van der Waals surface area contributed by atoms with Crippen molar-refractivity contribution in [1.29, 1.82) is 0 Å². The van der Waals surface area contributed by atoms with Gasteiger partial charge in [0.1, 0.15) is 0 Å². The van der Waals surface area contributed by atoms with E-state index in [2.05, 4.69) is 19.1 Å². The van der Waals surface area contributed by atoms with Crippen LogP contribution in [0.5, 0.6) is 0 Å². The average Bonchev–Trinajstić information content (AvgIpc) is 2.71. The third kappa shape index (κ3) is 2.17. The van der Waals surface area contributed by atoms with E-state index < -0.39 is 0 Å². The monoisotopic (exact) mass is 281 g/mol. The van der Waals surface area contributed by atoms with Crippen molar-refractivity contribution in [2.45, 2.75) is 13.0 Å². The molecule has 0 bridgehead atoms. The predicted octanol–water partition coefficient (Wildman–Crippen LogP) is 2.23. The molecule has 0 fully saturated rings. The lowest BCUT2D eigenvalue weighted by atomic mass is 9.98. The summed E-state index contributed by atoms with van der Waals surface area (Å²) in [5.41, 5.74) is 11.5. The van der Waals surface area contributed by atoms with Crippen LogP contribution >= 0.6 is 0 Å². The van der Waals surface area contributed by atoms with Crippen LogP contribution in [0.15, 0.2) is 47.3 Å². The van der Waals surface area contributed by atoms with E-state index in [4.69, 9.17) is 5.73 Å². The molecule has 0 saturated carbocycles. The third-order valence-electron chi connectivity index (χ3n) is 4.06. The number of hydrogen-bond donors (Lipinski definition) is 1. The second kappa shape index (κ2) is 4.90. The maximum absolute atomic E-state index is 12.0.